The van der Waals surface area contributed by atoms with Gasteiger partial charge in [0, 0.05) is 116 Å². The highest BCUT2D eigenvalue weighted by Gasteiger charge is 2.41. The van der Waals surface area contributed by atoms with Crippen molar-refractivity contribution in [3.05, 3.63) is 211 Å². The van der Waals surface area contributed by atoms with Crippen LogP contribution in [0.25, 0.3) is 11.1 Å². The van der Waals surface area contributed by atoms with Gasteiger partial charge in [0.15, 0.2) is 0 Å². The second kappa shape index (κ2) is 25.2. The Morgan fingerprint density at radius 1 is 0.591 bits per heavy atom. The van der Waals surface area contributed by atoms with E-state index in [-0.39, 0.29) is 54.8 Å². The summed E-state index contributed by atoms with van der Waals surface area (Å²) in [5, 5.41) is 59.9. The Labute approximate surface area is 539 Å². The van der Waals surface area contributed by atoms with Gasteiger partial charge in [0.2, 0.25) is 10.7 Å². The molecule has 0 saturated carbocycles. The summed E-state index contributed by atoms with van der Waals surface area (Å²) in [4.78, 5) is 75.3. The quantitative estimate of drug-likeness (QED) is 0.0296. The van der Waals surface area contributed by atoms with Gasteiger partial charge in [-0.1, -0.05) is 32.3 Å². The van der Waals surface area contributed by atoms with Crippen LogP contribution in [0.5, 0.6) is 5.75 Å². The number of fused-ring (bicyclic) bond motifs is 8. The van der Waals surface area contributed by atoms with Crippen LogP contribution in [-0.4, -0.2) is 138 Å². The summed E-state index contributed by atoms with van der Waals surface area (Å²) in [6.07, 6.45) is 4.51. The number of benzene rings is 7. The van der Waals surface area contributed by atoms with Crippen LogP contribution in [0.15, 0.2) is 103 Å². The summed E-state index contributed by atoms with van der Waals surface area (Å²) < 4.78 is 21.0. The predicted octanol–water partition coefficient (Wildman–Crippen LogP) is 0.953. The van der Waals surface area contributed by atoms with Crippen molar-refractivity contribution >= 4 is 95.1 Å². The third-order valence-electron chi connectivity index (χ3n) is 19.7. The zero-order valence-electron chi connectivity index (χ0n) is 53.5. The third-order valence-corrected chi connectivity index (χ3v) is 26.7. The number of carbonyl (C=O) groups is 4. The monoisotopic (exact) mass is 1290 g/mol. The molecule has 6 aliphatic rings. The fourth-order valence-electron chi connectivity index (χ4n) is 14.6. The van der Waals surface area contributed by atoms with Gasteiger partial charge in [0.25, 0.3) is 23.8 Å². The minimum atomic E-state index is -2.28. The molecule has 6 aliphatic heterocycles. The molecule has 0 atom stereocenters. The molecule has 0 spiro atoms. The summed E-state index contributed by atoms with van der Waals surface area (Å²) in [6.45, 7) is 14.9. The number of likely N-dealkylation sites (N-methyl/N-ethyl adjacent to an activating group) is 4. The number of hydrogen-bond donors (Lipinski definition) is 1. The number of aromatic carboxylic acids is 2. The molecule has 0 aromatic heterocycles. The Kier molecular flexibility index (Phi) is 17.2. The van der Waals surface area contributed by atoms with E-state index in [0.717, 1.165) is 90.6 Å². The fraction of sp³-hybridized carbons (Fsp3) is 0.324. The fourth-order valence-corrected chi connectivity index (χ4v) is 20.7. The first-order valence-corrected chi connectivity index (χ1v) is 37.4. The Morgan fingerprint density at radius 3 is 1.63 bits per heavy atom. The average molecular weight is 1290 g/mol. The maximum atomic E-state index is 13.5. The van der Waals surface area contributed by atoms with E-state index >= 15 is 0 Å². The lowest BCUT2D eigenvalue weighted by Crippen LogP contribution is -2.64. The predicted molar refractivity (Wildman–Crippen MR) is 357 cm³/mol. The second-order valence-electron chi connectivity index (χ2n) is 26.0. The van der Waals surface area contributed by atoms with Crippen LogP contribution in [-0.2, 0) is 46.4 Å². The largest absolute Gasteiger partial charge is 0.545 e. The topological polar surface area (TPSA) is 253 Å². The molecule has 0 radical (unpaired) electrons. The number of hydrogen-bond acceptors (Lipinski definition) is 15. The van der Waals surface area contributed by atoms with Crippen molar-refractivity contribution in [1.82, 2.24) is 14.5 Å². The summed E-state index contributed by atoms with van der Waals surface area (Å²) in [5.74, 6) is -2.61. The van der Waals surface area contributed by atoms with Crippen LogP contribution < -0.4 is 81.1 Å². The Hall–Kier alpha value is -9.49. The van der Waals surface area contributed by atoms with Gasteiger partial charge in [-0.3, -0.25) is 29.8 Å². The van der Waals surface area contributed by atoms with Gasteiger partial charge in [0.1, 0.15) is 49.1 Å². The number of nitro benzene ring substituents is 2. The third kappa shape index (κ3) is 11.7. The lowest BCUT2D eigenvalue weighted by atomic mass is 9.88. The Bertz CT molecular complexity index is 4660. The maximum absolute atomic E-state index is 13.5. The molecule has 0 unspecified atom stereocenters. The first-order valence-electron chi connectivity index (χ1n) is 31.4. The number of carboxylic acids is 2. The minimum Gasteiger partial charge on any atom is -0.545 e. The van der Waals surface area contributed by atoms with Crippen molar-refractivity contribution in [2.24, 2.45) is 0 Å². The molecule has 478 valence electrons. The SMILES string of the molecule is CN1CCc2cc3c(cc21)[Si](C)(C)c1cc2c(cc1=C3c1cc(C(=O)NCCOCCOCCCc3ccc([N+](=O)[O-])cc3[N+](=O)[O-])ccc1C(=O)[O-])CC[N+]=2C.CN1CCc2cc3c(cc21)[Si](C)(C)c1cc2c(cc1=C3c1cc(OC=O)ccc1C(=O)[O-])CC[N+]=2C. The molecule has 22 heteroatoms. The van der Waals surface area contributed by atoms with Crippen LogP contribution in [0.1, 0.15) is 87.6 Å². The number of nitrogens with one attached hydrogen (secondary N) is 1. The highest BCUT2D eigenvalue weighted by Crippen LogP contribution is 2.37. The molecular weight excluding hydrogens is 1210 g/mol. The summed E-state index contributed by atoms with van der Waals surface area (Å²) in [6, 6.07) is 31.3. The summed E-state index contributed by atoms with van der Waals surface area (Å²) in [7, 11) is 4.05. The molecule has 0 aliphatic carbocycles. The molecule has 0 bridgehead atoms. The minimum absolute atomic E-state index is 0.0318. The summed E-state index contributed by atoms with van der Waals surface area (Å²) >= 11 is 0. The number of nitrogens with zero attached hydrogens (tertiary/aromatic N) is 6. The van der Waals surface area contributed by atoms with E-state index in [1.807, 2.05) is 0 Å². The van der Waals surface area contributed by atoms with Crippen LogP contribution in [0, 0.1) is 20.2 Å². The number of nitro groups is 2. The van der Waals surface area contributed by atoms with E-state index in [9.17, 15) is 49.6 Å². The lowest BCUT2D eigenvalue weighted by Gasteiger charge is -2.34. The lowest BCUT2D eigenvalue weighted by molar-refractivity contribution is -0.394. The van der Waals surface area contributed by atoms with E-state index in [1.54, 1.807) is 12.1 Å². The van der Waals surface area contributed by atoms with Gasteiger partial charge in [-0.25, -0.2) is 9.15 Å². The molecule has 6 heterocycles. The van der Waals surface area contributed by atoms with Crippen molar-refractivity contribution in [2.45, 2.75) is 64.7 Å². The van der Waals surface area contributed by atoms with E-state index in [4.69, 9.17) is 14.2 Å². The van der Waals surface area contributed by atoms with Crippen molar-refractivity contribution < 1.29 is 53.4 Å². The van der Waals surface area contributed by atoms with E-state index in [1.165, 1.54) is 101 Å². The number of anilines is 2. The van der Waals surface area contributed by atoms with Gasteiger partial charge in [-0.05, 0) is 174 Å². The number of rotatable bonds is 19. The Balaban J connectivity index is 0.000000198. The molecule has 7 aromatic carbocycles. The second-order valence-corrected chi connectivity index (χ2v) is 34.6. The number of ether oxygens (including phenoxy) is 3. The summed E-state index contributed by atoms with van der Waals surface area (Å²) in [5.41, 5.74) is 12.5. The van der Waals surface area contributed by atoms with E-state index < -0.39 is 37.9 Å². The number of aryl methyl sites for hydroxylation is 1. The molecule has 20 nitrogen and oxygen atoms in total. The smallest absolute Gasteiger partial charge is 0.298 e. The molecular formula is C71H73N7O13Si2. The number of amides is 1. The van der Waals surface area contributed by atoms with Gasteiger partial charge < -0.3 is 49.1 Å². The molecule has 0 fully saturated rings. The van der Waals surface area contributed by atoms with Gasteiger partial charge >= 0.3 is 0 Å². The normalized spacial score (nSPS) is 15.6. The van der Waals surface area contributed by atoms with Gasteiger partial charge in [0.05, 0.1) is 47.7 Å². The molecule has 1 amide bonds. The van der Waals surface area contributed by atoms with Crippen molar-refractivity contribution in [1.29, 1.82) is 0 Å². The number of carbonyl (C=O) groups excluding carboxylic acids is 4. The average Bonchev–Trinajstić information content (AvgIpc) is 1.62. The molecule has 7 aromatic rings. The molecule has 93 heavy (non-hydrogen) atoms. The zero-order valence-corrected chi connectivity index (χ0v) is 55.5. The first-order chi connectivity index (χ1) is 44.5. The zero-order chi connectivity index (χ0) is 65.9. The highest BCUT2D eigenvalue weighted by atomic mass is 28.3. The van der Waals surface area contributed by atoms with Crippen LogP contribution in [0.4, 0.5) is 22.7 Å². The van der Waals surface area contributed by atoms with Crippen molar-refractivity contribution in [3.8, 4) is 5.75 Å². The molecule has 1 N–H and O–H groups in total. The van der Waals surface area contributed by atoms with Gasteiger partial charge in [-0.2, -0.15) is 0 Å². The number of non-ortho nitro benzene ring substituents is 1. The molecule has 0 saturated heterocycles. The standard InChI is InChI=1S/C42H45N5O9Si.C29H28N2O4Si/c1-44-14-11-27-20-33-38(24-35(27)44)57(3,4)39-25-36-28(12-15-45(36)2)21-34(39)40(33)32-22-29(8-10-31(32)42(49)50)41(48)43-13-17-56-19-18-55-16-5-6-26-7-9-30(46(51)52)23-37(26)47(53)54;1-30-9-7-17-11-22-26(14-24(17)30)36(3,4)27-15-25-18(8-10-31(25)2)12-23(27)28(22)21-13-19(35-16-32)5-6-20(21)29(33)34/h7-10,20-25H,5-6,11-19H2,1-4H3,(H-,43,48,49,50);5-6,11-16H,7-10H2,1-4H3. The van der Waals surface area contributed by atoms with Crippen LogP contribution in [0.2, 0.25) is 26.2 Å². The maximum Gasteiger partial charge on any atom is 0.298 e. The van der Waals surface area contributed by atoms with Gasteiger partial charge in [-0.15, -0.1) is 0 Å². The Morgan fingerprint density at radius 2 is 1.12 bits per heavy atom. The highest BCUT2D eigenvalue weighted by molar-refractivity contribution is 7.02. The van der Waals surface area contributed by atoms with E-state index in [2.05, 4.69) is 127 Å². The van der Waals surface area contributed by atoms with Crippen LogP contribution in [0.3, 0.4) is 0 Å². The van der Waals surface area contributed by atoms with Crippen molar-refractivity contribution in [2.75, 3.05) is 97.1 Å². The first kappa shape index (κ1) is 63.7. The number of carboxylic acid groups (broad SMARTS) is 2. The molecule has 13 rings (SSSR count). The van der Waals surface area contributed by atoms with Crippen molar-refractivity contribution in [3.63, 3.8) is 0 Å². The van der Waals surface area contributed by atoms with Crippen LogP contribution >= 0.6 is 0 Å². The van der Waals surface area contributed by atoms with E-state index in [0.29, 0.717) is 53.9 Å².